The van der Waals surface area contributed by atoms with Crippen molar-refractivity contribution in [3.63, 3.8) is 0 Å². The summed E-state index contributed by atoms with van der Waals surface area (Å²) in [6.45, 7) is 28.1. The molecule has 0 radical (unpaired) electrons. The summed E-state index contributed by atoms with van der Waals surface area (Å²) in [6.07, 6.45) is 3.00. The van der Waals surface area contributed by atoms with Crippen LogP contribution in [0.25, 0.3) is 17.2 Å². The Morgan fingerprint density at radius 1 is 0.868 bits per heavy atom. The summed E-state index contributed by atoms with van der Waals surface area (Å²) in [5.41, 5.74) is 6.75. The zero-order chi connectivity index (χ0) is 39.3. The summed E-state index contributed by atoms with van der Waals surface area (Å²) in [5.74, 6) is -1.61. The minimum Gasteiger partial charge on any atom is -0.477 e. The van der Waals surface area contributed by atoms with Crippen molar-refractivity contribution in [3.8, 4) is 11.1 Å². The van der Waals surface area contributed by atoms with Gasteiger partial charge >= 0.3 is 11.9 Å². The lowest BCUT2D eigenvalue weighted by molar-refractivity contribution is -0.148. The molecule has 0 aliphatic heterocycles. The number of nitrogens with one attached hydrogen (secondary N) is 1. The molecule has 2 aliphatic rings. The van der Waals surface area contributed by atoms with E-state index in [4.69, 9.17) is 18.6 Å². The fourth-order valence-electron chi connectivity index (χ4n) is 6.79. The number of pyridine rings is 1. The molecule has 53 heavy (non-hydrogen) atoms. The molecule has 10 heteroatoms. The van der Waals surface area contributed by atoms with Gasteiger partial charge in [0.2, 0.25) is 0 Å². The van der Waals surface area contributed by atoms with E-state index in [0.717, 1.165) is 22.3 Å². The third kappa shape index (κ3) is 8.32. The van der Waals surface area contributed by atoms with Crippen molar-refractivity contribution in [2.75, 3.05) is 6.61 Å². The molecule has 4 atom stereocenters. The number of carbonyl (C=O) groups excluding carboxylic acids is 1. The van der Waals surface area contributed by atoms with Gasteiger partial charge in [-0.2, -0.15) is 0 Å². The van der Waals surface area contributed by atoms with E-state index in [1.54, 1.807) is 6.07 Å². The monoisotopic (exact) mass is 756 g/mol. The molecule has 2 N–H and O–H groups in total. The summed E-state index contributed by atoms with van der Waals surface area (Å²) in [4.78, 5) is 31.5. The number of carboxylic acids is 1. The van der Waals surface area contributed by atoms with Gasteiger partial charge in [0, 0.05) is 11.5 Å². The van der Waals surface area contributed by atoms with Crippen molar-refractivity contribution < 1.29 is 28.3 Å². The van der Waals surface area contributed by atoms with Crippen molar-refractivity contribution in [3.05, 3.63) is 94.3 Å². The predicted molar refractivity (Wildman–Crippen MR) is 218 cm³/mol. The molecular weight excluding hydrogens is 697 g/mol. The highest BCUT2D eigenvalue weighted by Crippen LogP contribution is 2.46. The topological polar surface area (TPSA) is 107 Å². The number of rotatable bonds is 12. The Bertz CT molecular complexity index is 1830. The van der Waals surface area contributed by atoms with Crippen molar-refractivity contribution >= 4 is 34.6 Å². The molecule has 0 fully saturated rings. The number of carboxylic acid groups (broad SMARTS) is 1. The van der Waals surface area contributed by atoms with E-state index in [1.165, 1.54) is 11.1 Å². The highest BCUT2D eigenvalue weighted by Gasteiger charge is 2.45. The Balaban J connectivity index is 1.50. The second kappa shape index (κ2) is 15.0. The second-order valence-corrected chi connectivity index (χ2v) is 27.7. The zero-order valence-electron chi connectivity index (χ0n) is 34.0. The number of aromatic carboxylic acids is 1. The van der Waals surface area contributed by atoms with E-state index in [9.17, 15) is 14.7 Å². The third-order valence-electron chi connectivity index (χ3n) is 12.0. The van der Waals surface area contributed by atoms with Gasteiger partial charge in [-0.1, -0.05) is 116 Å². The summed E-state index contributed by atoms with van der Waals surface area (Å²) in [6, 6.07) is 17.1. The average Bonchev–Trinajstić information content (AvgIpc) is 3.38. The van der Waals surface area contributed by atoms with Crippen LogP contribution < -0.4 is 5.32 Å². The maximum Gasteiger partial charge on any atom is 0.354 e. The minimum atomic E-state index is -2.46. The normalized spacial score (nSPS) is 18.7. The van der Waals surface area contributed by atoms with Crippen LogP contribution in [0.1, 0.15) is 119 Å². The van der Waals surface area contributed by atoms with Crippen LogP contribution in [-0.2, 0) is 18.4 Å². The molecule has 0 spiro atoms. The first-order chi connectivity index (χ1) is 24.5. The molecular formula is C43H60N2O6Si2. The van der Waals surface area contributed by atoms with Crippen LogP contribution in [0.15, 0.2) is 60.7 Å². The summed E-state index contributed by atoms with van der Waals surface area (Å²) in [5, 5.41) is 13.7. The van der Waals surface area contributed by atoms with Crippen LogP contribution in [0.4, 0.5) is 0 Å². The van der Waals surface area contributed by atoms with Crippen molar-refractivity contribution in [1.29, 1.82) is 0 Å². The lowest BCUT2D eigenvalue weighted by atomic mass is 9.89. The van der Waals surface area contributed by atoms with E-state index in [1.807, 2.05) is 57.2 Å². The quantitative estimate of drug-likeness (QED) is 0.139. The minimum absolute atomic E-state index is 0.0339. The summed E-state index contributed by atoms with van der Waals surface area (Å²) < 4.78 is 20.2. The van der Waals surface area contributed by atoms with Gasteiger partial charge in [0.1, 0.15) is 24.4 Å². The molecule has 2 aromatic carbocycles. The van der Waals surface area contributed by atoms with E-state index >= 15 is 0 Å². The maximum absolute atomic E-state index is 14.1. The van der Waals surface area contributed by atoms with Gasteiger partial charge < -0.3 is 18.7 Å². The predicted octanol–water partition coefficient (Wildman–Crippen LogP) is 10.3. The second-order valence-electron chi connectivity index (χ2n) is 18.2. The van der Waals surface area contributed by atoms with E-state index in [-0.39, 0.29) is 46.3 Å². The fraction of sp³-hybridized carbons (Fsp3) is 0.512. The number of aromatic nitrogens is 1. The summed E-state index contributed by atoms with van der Waals surface area (Å²) >= 11 is 0. The molecule has 1 aromatic heterocycles. The van der Waals surface area contributed by atoms with Crippen LogP contribution in [0.5, 0.6) is 0 Å². The number of hydrogen-bond acceptors (Lipinski definition) is 7. The highest BCUT2D eigenvalue weighted by atomic mass is 28.4. The Labute approximate surface area is 319 Å². The molecule has 1 heterocycles. The number of hydrogen-bond donors (Lipinski definition) is 2. The van der Waals surface area contributed by atoms with Crippen LogP contribution in [0, 0.1) is 5.92 Å². The van der Waals surface area contributed by atoms with Gasteiger partial charge in [0.25, 0.3) is 0 Å². The zero-order valence-corrected chi connectivity index (χ0v) is 36.0. The van der Waals surface area contributed by atoms with Crippen LogP contribution in [0.2, 0.25) is 36.3 Å². The van der Waals surface area contributed by atoms with Gasteiger partial charge in [0.15, 0.2) is 16.6 Å². The SMILES string of the molecule is CC(C)[C@H](N[C@@H]1C=Cc2c([C@H](C)O[Si](C)(C)C(C)(C)C)cc(C(=O)O)nc2[C@H]1O[Si](C)(C)C(C)(C)C)C(=O)OCC1c2ccccc2-c2ccccc21. The van der Waals surface area contributed by atoms with Gasteiger partial charge in [-0.25, -0.2) is 9.78 Å². The van der Waals surface area contributed by atoms with Crippen LogP contribution >= 0.6 is 0 Å². The molecule has 0 saturated heterocycles. The number of nitrogens with zero attached hydrogens (tertiary/aromatic N) is 1. The number of carbonyl (C=O) groups is 2. The third-order valence-corrected chi connectivity index (χ3v) is 21.0. The van der Waals surface area contributed by atoms with Gasteiger partial charge in [0.05, 0.1) is 17.8 Å². The molecule has 0 bridgehead atoms. The Morgan fingerprint density at radius 2 is 1.42 bits per heavy atom. The number of benzene rings is 2. The van der Waals surface area contributed by atoms with E-state index in [2.05, 4.69) is 97.3 Å². The van der Waals surface area contributed by atoms with Crippen molar-refractivity contribution in [1.82, 2.24) is 10.3 Å². The van der Waals surface area contributed by atoms with E-state index in [0.29, 0.717) is 5.69 Å². The first-order valence-electron chi connectivity index (χ1n) is 19.0. The molecule has 0 saturated carbocycles. The molecule has 286 valence electrons. The smallest absolute Gasteiger partial charge is 0.354 e. The van der Waals surface area contributed by atoms with Crippen molar-refractivity contribution in [2.24, 2.45) is 5.92 Å². The standard InChI is InChI=1S/C43H60N2O6Si2/c1-26(2)37(41(48)49-25-34-30-20-16-14-18-28(30)29-19-15-17-21-31(29)34)44-35-23-22-32-33(27(3)50-52(10,11)42(4,5)6)24-36(40(46)47)45-38(32)39(35)51-53(12,13)43(7,8)9/h14-24,26-27,34-35,37,39,44H,25H2,1-13H3,(H,46,47)/t27-,35+,37-,39-/m0/s1. The maximum atomic E-state index is 14.1. The molecule has 2 aliphatic carbocycles. The summed E-state index contributed by atoms with van der Waals surface area (Å²) in [7, 11) is -4.68. The van der Waals surface area contributed by atoms with Crippen molar-refractivity contribution in [2.45, 2.75) is 129 Å². The Hall–Kier alpha value is -3.42. The lowest BCUT2D eigenvalue weighted by Gasteiger charge is -2.43. The van der Waals surface area contributed by atoms with Gasteiger partial charge in [-0.05, 0) is 83.0 Å². The van der Waals surface area contributed by atoms with Crippen LogP contribution in [0.3, 0.4) is 0 Å². The highest BCUT2D eigenvalue weighted by molar-refractivity contribution is 6.74. The Morgan fingerprint density at radius 3 is 1.92 bits per heavy atom. The molecule has 8 nitrogen and oxygen atoms in total. The molecule has 0 amide bonds. The number of fused-ring (bicyclic) bond motifs is 4. The Kier molecular flexibility index (Phi) is 11.6. The molecule has 0 unspecified atom stereocenters. The first-order valence-corrected chi connectivity index (χ1v) is 24.8. The fourth-order valence-corrected chi connectivity index (χ4v) is 9.40. The number of ether oxygens (including phenoxy) is 1. The first kappa shape index (κ1) is 40.8. The number of esters is 1. The van der Waals surface area contributed by atoms with Gasteiger partial charge in [-0.3, -0.25) is 10.1 Å². The lowest BCUT2D eigenvalue weighted by Crippen LogP contribution is -2.53. The van der Waals surface area contributed by atoms with Gasteiger partial charge in [-0.15, -0.1) is 0 Å². The molecule has 3 aromatic rings. The molecule has 5 rings (SSSR count). The average molecular weight is 757 g/mol. The van der Waals surface area contributed by atoms with Crippen LogP contribution in [-0.4, -0.2) is 57.4 Å². The van der Waals surface area contributed by atoms with E-state index < -0.39 is 40.8 Å². The largest absolute Gasteiger partial charge is 0.477 e.